The van der Waals surface area contributed by atoms with Gasteiger partial charge in [0, 0.05) is 37.5 Å². The molecule has 1 aliphatic rings. The van der Waals surface area contributed by atoms with Crippen molar-refractivity contribution in [1.29, 1.82) is 0 Å². The van der Waals surface area contributed by atoms with Crippen molar-refractivity contribution in [1.82, 2.24) is 25.1 Å². The molecule has 114 valence electrons. The molecular formula is C14H15N5O3. The molecule has 1 aliphatic heterocycles. The zero-order valence-electron chi connectivity index (χ0n) is 12.0. The van der Waals surface area contributed by atoms with Crippen LogP contribution in [0.3, 0.4) is 0 Å². The summed E-state index contributed by atoms with van der Waals surface area (Å²) in [5.41, 5.74) is 0.340. The van der Waals surface area contributed by atoms with E-state index >= 15 is 0 Å². The number of carbonyl (C=O) groups excluding carboxylic acids is 1. The van der Waals surface area contributed by atoms with Crippen molar-refractivity contribution in [3.63, 3.8) is 0 Å². The van der Waals surface area contributed by atoms with Gasteiger partial charge in [0.2, 0.25) is 11.8 Å². The van der Waals surface area contributed by atoms with Gasteiger partial charge in [0.15, 0.2) is 0 Å². The Hall–Kier alpha value is -2.77. The third kappa shape index (κ3) is 3.11. The first-order valence-electron chi connectivity index (χ1n) is 6.86. The molecule has 2 aromatic rings. The van der Waals surface area contributed by atoms with Crippen molar-refractivity contribution in [3.8, 4) is 11.8 Å². The van der Waals surface area contributed by atoms with Gasteiger partial charge in [-0.1, -0.05) is 0 Å². The fourth-order valence-corrected chi connectivity index (χ4v) is 2.23. The quantitative estimate of drug-likeness (QED) is 0.815. The van der Waals surface area contributed by atoms with Crippen molar-refractivity contribution in [3.05, 3.63) is 36.4 Å². The first kappa shape index (κ1) is 14.2. The molecule has 0 saturated carbocycles. The van der Waals surface area contributed by atoms with E-state index in [4.69, 9.17) is 9.47 Å². The number of methoxy groups -OCH3 is 1. The van der Waals surface area contributed by atoms with Gasteiger partial charge in [-0.3, -0.25) is 9.78 Å². The van der Waals surface area contributed by atoms with Crippen molar-refractivity contribution in [2.45, 2.75) is 12.5 Å². The van der Waals surface area contributed by atoms with Crippen molar-refractivity contribution < 1.29 is 14.3 Å². The molecule has 1 fully saturated rings. The maximum absolute atomic E-state index is 12.3. The van der Waals surface area contributed by atoms with Gasteiger partial charge in [-0.05, 0) is 0 Å². The van der Waals surface area contributed by atoms with Crippen LogP contribution in [0.25, 0.3) is 0 Å². The van der Waals surface area contributed by atoms with E-state index in [1.54, 1.807) is 17.0 Å². The van der Waals surface area contributed by atoms with E-state index in [0.29, 0.717) is 30.5 Å². The van der Waals surface area contributed by atoms with E-state index in [1.807, 2.05) is 0 Å². The Balaban J connectivity index is 1.59. The summed E-state index contributed by atoms with van der Waals surface area (Å²) in [6.07, 6.45) is 5.13. The lowest BCUT2D eigenvalue weighted by Gasteiger charge is -2.16. The second-order valence-corrected chi connectivity index (χ2v) is 4.78. The van der Waals surface area contributed by atoms with Crippen molar-refractivity contribution in [2.24, 2.45) is 0 Å². The van der Waals surface area contributed by atoms with Crippen molar-refractivity contribution in [2.75, 3.05) is 20.2 Å². The standard InChI is InChI=1S/C14H15N5O3/c1-21-12-2-3-13(18-17-12)22-10-4-7-19(9-10)14(20)11-8-15-5-6-16-11/h2-3,5-6,8,10H,4,7,9H2,1H3/t10-/m0/s1. The molecule has 0 bridgehead atoms. The summed E-state index contributed by atoms with van der Waals surface area (Å²) in [7, 11) is 1.53. The maximum atomic E-state index is 12.3. The molecule has 0 radical (unpaired) electrons. The number of rotatable bonds is 4. The fraction of sp³-hybridized carbons (Fsp3) is 0.357. The predicted octanol–water partition coefficient (Wildman–Crippen LogP) is 0.569. The summed E-state index contributed by atoms with van der Waals surface area (Å²) in [6.45, 7) is 1.10. The average molecular weight is 301 g/mol. The van der Waals surface area contributed by atoms with Crippen LogP contribution in [0.2, 0.25) is 0 Å². The highest BCUT2D eigenvalue weighted by molar-refractivity contribution is 5.92. The van der Waals surface area contributed by atoms with Crippen LogP contribution in [-0.2, 0) is 0 Å². The van der Waals surface area contributed by atoms with Crippen molar-refractivity contribution >= 4 is 5.91 Å². The Morgan fingerprint density at radius 2 is 2.09 bits per heavy atom. The van der Waals surface area contributed by atoms with E-state index in [2.05, 4.69) is 20.2 Å². The number of nitrogens with zero attached hydrogens (tertiary/aromatic N) is 5. The largest absolute Gasteiger partial charge is 0.480 e. The molecule has 1 amide bonds. The van der Waals surface area contributed by atoms with Gasteiger partial charge in [-0.2, -0.15) is 0 Å². The first-order chi connectivity index (χ1) is 10.8. The van der Waals surface area contributed by atoms with Gasteiger partial charge in [0.05, 0.1) is 19.9 Å². The van der Waals surface area contributed by atoms with Gasteiger partial charge >= 0.3 is 0 Å². The van der Waals surface area contributed by atoms with Crippen LogP contribution in [0.1, 0.15) is 16.9 Å². The molecule has 0 unspecified atom stereocenters. The van der Waals surface area contributed by atoms with Gasteiger partial charge in [0.25, 0.3) is 5.91 Å². The van der Waals surface area contributed by atoms with Gasteiger partial charge in [-0.25, -0.2) is 4.98 Å². The van der Waals surface area contributed by atoms with Crippen LogP contribution in [0.5, 0.6) is 11.8 Å². The summed E-state index contributed by atoms with van der Waals surface area (Å²) < 4.78 is 10.7. The molecule has 0 aromatic carbocycles. The normalized spacial score (nSPS) is 17.3. The Labute approximate surface area is 127 Å². The monoisotopic (exact) mass is 301 g/mol. The zero-order chi connectivity index (χ0) is 15.4. The lowest BCUT2D eigenvalue weighted by molar-refractivity contribution is 0.0764. The van der Waals surface area contributed by atoms with Crippen LogP contribution in [0.4, 0.5) is 0 Å². The van der Waals surface area contributed by atoms with Crippen LogP contribution in [-0.4, -0.2) is 57.3 Å². The van der Waals surface area contributed by atoms with E-state index in [9.17, 15) is 4.79 Å². The second kappa shape index (κ2) is 6.33. The smallest absolute Gasteiger partial charge is 0.274 e. The number of hydrogen-bond donors (Lipinski definition) is 0. The predicted molar refractivity (Wildman–Crippen MR) is 75.6 cm³/mol. The Kier molecular flexibility index (Phi) is 4.08. The number of likely N-dealkylation sites (tertiary alicyclic amines) is 1. The highest BCUT2D eigenvalue weighted by Gasteiger charge is 2.29. The Bertz CT molecular complexity index is 635. The molecule has 22 heavy (non-hydrogen) atoms. The van der Waals surface area contributed by atoms with Gasteiger partial charge in [0.1, 0.15) is 11.8 Å². The zero-order valence-corrected chi connectivity index (χ0v) is 12.0. The molecule has 1 atom stereocenters. The van der Waals surface area contributed by atoms with E-state index in [-0.39, 0.29) is 12.0 Å². The van der Waals surface area contributed by atoms with Gasteiger partial charge in [-0.15, -0.1) is 10.2 Å². The Morgan fingerprint density at radius 3 is 2.77 bits per heavy atom. The molecule has 8 nitrogen and oxygen atoms in total. The lowest BCUT2D eigenvalue weighted by Crippen LogP contribution is -2.31. The summed E-state index contributed by atoms with van der Waals surface area (Å²) in [4.78, 5) is 21.9. The summed E-state index contributed by atoms with van der Waals surface area (Å²) in [5, 5.41) is 7.76. The summed E-state index contributed by atoms with van der Waals surface area (Å²) >= 11 is 0. The SMILES string of the molecule is COc1ccc(O[C@H]2CCN(C(=O)c3cnccn3)C2)nn1. The average Bonchev–Trinajstić information content (AvgIpc) is 3.04. The van der Waals surface area contributed by atoms with Crippen LogP contribution < -0.4 is 9.47 Å². The van der Waals surface area contributed by atoms with Crippen LogP contribution in [0.15, 0.2) is 30.7 Å². The third-order valence-corrected chi connectivity index (χ3v) is 3.33. The topological polar surface area (TPSA) is 90.3 Å². The maximum Gasteiger partial charge on any atom is 0.274 e. The molecule has 0 aliphatic carbocycles. The molecule has 1 saturated heterocycles. The number of amides is 1. The van der Waals surface area contributed by atoms with E-state index < -0.39 is 0 Å². The lowest BCUT2D eigenvalue weighted by atomic mass is 10.3. The summed E-state index contributed by atoms with van der Waals surface area (Å²) in [5.74, 6) is 0.706. The summed E-state index contributed by atoms with van der Waals surface area (Å²) in [6, 6.07) is 3.37. The molecule has 0 N–H and O–H groups in total. The number of hydrogen-bond acceptors (Lipinski definition) is 7. The highest BCUT2D eigenvalue weighted by atomic mass is 16.5. The minimum atomic E-state index is -0.139. The number of carbonyl (C=O) groups is 1. The number of aromatic nitrogens is 4. The third-order valence-electron chi connectivity index (χ3n) is 3.33. The molecular weight excluding hydrogens is 286 g/mol. The highest BCUT2D eigenvalue weighted by Crippen LogP contribution is 2.18. The molecule has 0 spiro atoms. The number of ether oxygens (including phenoxy) is 2. The molecule has 2 aromatic heterocycles. The Morgan fingerprint density at radius 1 is 1.27 bits per heavy atom. The minimum absolute atomic E-state index is 0.108. The van der Waals surface area contributed by atoms with Crippen LogP contribution in [0, 0.1) is 0 Å². The second-order valence-electron chi connectivity index (χ2n) is 4.78. The molecule has 3 heterocycles. The minimum Gasteiger partial charge on any atom is -0.480 e. The van der Waals surface area contributed by atoms with Gasteiger partial charge < -0.3 is 14.4 Å². The van der Waals surface area contributed by atoms with E-state index in [1.165, 1.54) is 25.7 Å². The molecule has 8 heteroatoms. The van der Waals surface area contributed by atoms with Crippen LogP contribution >= 0.6 is 0 Å². The fourth-order valence-electron chi connectivity index (χ4n) is 2.23. The molecule has 3 rings (SSSR count). The van der Waals surface area contributed by atoms with E-state index in [0.717, 1.165) is 6.42 Å². The first-order valence-corrected chi connectivity index (χ1v) is 6.86.